The molecule has 7 heteroatoms. The molecule has 1 atom stereocenters. The molecule has 0 bridgehead atoms. The van der Waals surface area contributed by atoms with Crippen molar-refractivity contribution < 1.29 is 9.59 Å². The maximum Gasteiger partial charge on any atom is 0.237 e. The number of carbonyl (C=O) groups excluding carboxylic acids is 2. The minimum absolute atomic E-state index is 0.00570. The van der Waals surface area contributed by atoms with Crippen molar-refractivity contribution in [2.24, 2.45) is 0 Å². The number of aryl methyl sites for hydroxylation is 1. The van der Waals surface area contributed by atoms with Gasteiger partial charge in [0.15, 0.2) is 10.9 Å². The highest BCUT2D eigenvalue weighted by Crippen LogP contribution is 2.27. The third-order valence-corrected chi connectivity index (χ3v) is 5.94. The molecule has 0 saturated heterocycles. The van der Waals surface area contributed by atoms with Crippen LogP contribution in [0.2, 0.25) is 0 Å². The van der Waals surface area contributed by atoms with Crippen molar-refractivity contribution >= 4 is 57.8 Å². The van der Waals surface area contributed by atoms with Gasteiger partial charge in [0.25, 0.3) is 0 Å². The Labute approximate surface area is 198 Å². The lowest BCUT2D eigenvalue weighted by Crippen LogP contribution is -2.22. The van der Waals surface area contributed by atoms with Crippen LogP contribution in [0.15, 0.2) is 77.7 Å². The zero-order valence-electron chi connectivity index (χ0n) is 18.1. The van der Waals surface area contributed by atoms with E-state index in [2.05, 4.69) is 16.0 Å². The molecule has 3 aromatic carbocycles. The van der Waals surface area contributed by atoms with E-state index in [-0.39, 0.29) is 16.9 Å². The zero-order valence-corrected chi connectivity index (χ0v) is 19.8. The number of ketones is 1. The van der Waals surface area contributed by atoms with E-state index in [1.807, 2.05) is 62.4 Å². The van der Waals surface area contributed by atoms with Gasteiger partial charge < -0.3 is 16.0 Å². The monoisotopic (exact) mass is 463 g/mol. The average molecular weight is 464 g/mol. The number of carbonyl (C=O) groups is 2. The number of hydrogen-bond donors (Lipinski definition) is 3. The van der Waals surface area contributed by atoms with Gasteiger partial charge in [0.05, 0.1) is 5.25 Å². The molecule has 0 aromatic heterocycles. The molecule has 32 heavy (non-hydrogen) atoms. The van der Waals surface area contributed by atoms with E-state index in [1.54, 1.807) is 24.3 Å². The zero-order chi connectivity index (χ0) is 23.1. The molecule has 5 nitrogen and oxygen atoms in total. The van der Waals surface area contributed by atoms with Crippen molar-refractivity contribution in [1.29, 1.82) is 0 Å². The van der Waals surface area contributed by atoms with E-state index in [9.17, 15) is 9.59 Å². The summed E-state index contributed by atoms with van der Waals surface area (Å²) in [7, 11) is 0. The minimum atomic E-state index is -0.310. The lowest BCUT2D eigenvalue weighted by molar-refractivity contribution is -0.115. The Morgan fingerprint density at radius 3 is 2.09 bits per heavy atom. The highest BCUT2D eigenvalue weighted by Gasteiger charge is 2.15. The molecule has 0 aliphatic heterocycles. The summed E-state index contributed by atoms with van der Waals surface area (Å²) in [6.45, 7) is 5.41. The van der Waals surface area contributed by atoms with Gasteiger partial charge in [-0.3, -0.25) is 9.59 Å². The van der Waals surface area contributed by atoms with Gasteiger partial charge in [-0.2, -0.15) is 0 Å². The molecule has 0 spiro atoms. The van der Waals surface area contributed by atoms with E-state index >= 15 is 0 Å². The Morgan fingerprint density at radius 1 is 0.844 bits per heavy atom. The molecule has 1 unspecified atom stereocenters. The second-order valence-electron chi connectivity index (χ2n) is 7.36. The van der Waals surface area contributed by atoms with E-state index in [1.165, 1.54) is 24.2 Å². The lowest BCUT2D eigenvalue weighted by Gasteiger charge is -2.14. The van der Waals surface area contributed by atoms with Crippen molar-refractivity contribution in [3.05, 3.63) is 83.9 Å². The van der Waals surface area contributed by atoms with Gasteiger partial charge in [-0.1, -0.05) is 23.8 Å². The van der Waals surface area contributed by atoms with E-state index in [0.29, 0.717) is 16.4 Å². The number of Topliss-reactive ketones (excluding diaryl/α,β-unsaturated/α-hetero) is 1. The number of benzene rings is 3. The smallest absolute Gasteiger partial charge is 0.237 e. The summed E-state index contributed by atoms with van der Waals surface area (Å²) in [5, 5.41) is 9.42. The van der Waals surface area contributed by atoms with E-state index in [4.69, 9.17) is 12.2 Å². The Kier molecular flexibility index (Phi) is 8.03. The van der Waals surface area contributed by atoms with Crippen molar-refractivity contribution in [3.8, 4) is 0 Å². The van der Waals surface area contributed by atoms with Crippen LogP contribution in [-0.4, -0.2) is 22.1 Å². The number of anilines is 3. The van der Waals surface area contributed by atoms with Crippen molar-refractivity contribution in [1.82, 2.24) is 0 Å². The Balaban J connectivity index is 1.55. The summed E-state index contributed by atoms with van der Waals surface area (Å²) in [6.07, 6.45) is 0. The molecule has 0 saturated carbocycles. The topological polar surface area (TPSA) is 70.2 Å². The number of thiocarbonyl (C=S) groups is 1. The Morgan fingerprint density at radius 2 is 1.44 bits per heavy atom. The fraction of sp³-hybridized carbons (Fsp3) is 0.160. The second kappa shape index (κ2) is 10.9. The van der Waals surface area contributed by atoms with Crippen LogP contribution in [0.5, 0.6) is 0 Å². The lowest BCUT2D eigenvalue weighted by atomic mass is 10.1. The molecule has 3 N–H and O–H groups in total. The maximum atomic E-state index is 12.6. The van der Waals surface area contributed by atoms with Crippen LogP contribution in [0.1, 0.15) is 29.8 Å². The van der Waals surface area contributed by atoms with Gasteiger partial charge in [-0.05, 0) is 87.6 Å². The summed E-state index contributed by atoms with van der Waals surface area (Å²) >= 11 is 6.86. The minimum Gasteiger partial charge on any atom is -0.332 e. The predicted molar refractivity (Wildman–Crippen MR) is 138 cm³/mol. The van der Waals surface area contributed by atoms with Crippen LogP contribution in [0.4, 0.5) is 17.1 Å². The molecular weight excluding hydrogens is 438 g/mol. The van der Waals surface area contributed by atoms with Gasteiger partial charge in [0.1, 0.15) is 0 Å². The molecular formula is C25H25N3O2S2. The average Bonchev–Trinajstić information content (AvgIpc) is 2.76. The molecule has 0 aliphatic rings. The number of rotatable bonds is 7. The molecule has 0 aliphatic carbocycles. The van der Waals surface area contributed by atoms with Gasteiger partial charge in [-0.15, -0.1) is 11.8 Å². The Hall–Kier alpha value is -3.16. The van der Waals surface area contributed by atoms with Crippen LogP contribution in [0, 0.1) is 6.92 Å². The van der Waals surface area contributed by atoms with E-state index < -0.39 is 0 Å². The highest BCUT2D eigenvalue weighted by atomic mass is 32.2. The first kappa shape index (κ1) is 23.5. The second-order valence-corrected chi connectivity index (χ2v) is 9.18. The molecule has 0 radical (unpaired) electrons. The summed E-state index contributed by atoms with van der Waals surface area (Å²) < 4.78 is 0. The predicted octanol–water partition coefficient (Wildman–Crippen LogP) is 6.13. The summed E-state index contributed by atoms with van der Waals surface area (Å²) in [5.74, 6) is -0.116. The summed E-state index contributed by atoms with van der Waals surface area (Å²) in [5.41, 5.74) is 4.22. The first-order valence-electron chi connectivity index (χ1n) is 10.1. The largest absolute Gasteiger partial charge is 0.332 e. The number of amides is 1. The molecule has 3 aromatic rings. The molecule has 3 rings (SSSR count). The van der Waals surface area contributed by atoms with Crippen LogP contribution in [0.25, 0.3) is 0 Å². The van der Waals surface area contributed by atoms with Crippen molar-refractivity contribution in [2.75, 3.05) is 16.0 Å². The fourth-order valence-electron chi connectivity index (χ4n) is 2.87. The highest BCUT2D eigenvalue weighted by molar-refractivity contribution is 8.00. The Bertz CT molecular complexity index is 1110. The van der Waals surface area contributed by atoms with Crippen LogP contribution >= 0.6 is 24.0 Å². The third kappa shape index (κ3) is 6.93. The van der Waals surface area contributed by atoms with Gasteiger partial charge in [0, 0.05) is 27.5 Å². The summed E-state index contributed by atoms with van der Waals surface area (Å²) in [4.78, 5) is 24.9. The first-order valence-corrected chi connectivity index (χ1v) is 11.4. The van der Waals surface area contributed by atoms with Crippen LogP contribution < -0.4 is 16.0 Å². The number of thioether (sulfide) groups is 1. The van der Waals surface area contributed by atoms with Gasteiger partial charge in [-0.25, -0.2) is 0 Å². The quantitative estimate of drug-likeness (QED) is 0.223. The number of hydrogen-bond acceptors (Lipinski definition) is 4. The third-order valence-electron chi connectivity index (χ3n) is 4.64. The van der Waals surface area contributed by atoms with E-state index in [0.717, 1.165) is 16.3 Å². The molecule has 0 fully saturated rings. The molecule has 1 amide bonds. The standard InChI is InChI=1S/C25H25N3O2S2/c1-16-7-11-21(12-8-16)27-25(31)28-22-5-4-6-23(15-22)32-18(3)24(30)26-20-13-9-19(10-14-20)17(2)29/h4-15,18H,1-3H3,(H,26,30)(H2,27,28,31). The fourth-order valence-corrected chi connectivity index (χ4v) is 4.03. The molecule has 0 heterocycles. The normalized spacial score (nSPS) is 11.3. The first-order chi connectivity index (χ1) is 15.3. The van der Waals surface area contributed by atoms with Gasteiger partial charge in [0.2, 0.25) is 5.91 Å². The maximum absolute atomic E-state index is 12.6. The van der Waals surface area contributed by atoms with Crippen LogP contribution in [-0.2, 0) is 4.79 Å². The van der Waals surface area contributed by atoms with Crippen molar-refractivity contribution in [2.45, 2.75) is 30.9 Å². The SMILES string of the molecule is CC(=O)c1ccc(NC(=O)C(C)Sc2cccc(NC(=S)Nc3ccc(C)cc3)c2)cc1. The van der Waals surface area contributed by atoms with Crippen LogP contribution in [0.3, 0.4) is 0 Å². The number of nitrogens with one attached hydrogen (secondary N) is 3. The van der Waals surface area contributed by atoms with Crippen molar-refractivity contribution in [3.63, 3.8) is 0 Å². The summed E-state index contributed by atoms with van der Waals surface area (Å²) in [6, 6.07) is 22.6. The van der Waals surface area contributed by atoms with Gasteiger partial charge >= 0.3 is 0 Å². The molecule has 164 valence electrons.